The molecule has 0 radical (unpaired) electrons. The lowest BCUT2D eigenvalue weighted by Crippen LogP contribution is -2.01. The third-order valence-electron chi connectivity index (χ3n) is 3.52. The van der Waals surface area contributed by atoms with Gasteiger partial charge in [-0.2, -0.15) is 0 Å². The molecule has 19 heavy (non-hydrogen) atoms. The van der Waals surface area contributed by atoms with Crippen molar-refractivity contribution in [3.63, 3.8) is 0 Å². The van der Waals surface area contributed by atoms with E-state index in [1.807, 2.05) is 0 Å². The van der Waals surface area contributed by atoms with Gasteiger partial charge in [-0.3, -0.25) is 4.57 Å². The second-order valence-corrected chi connectivity index (χ2v) is 5.00. The summed E-state index contributed by atoms with van der Waals surface area (Å²) in [6, 6.07) is 14.9. The van der Waals surface area contributed by atoms with Gasteiger partial charge in [0.25, 0.3) is 0 Å². The lowest BCUT2D eigenvalue weighted by atomic mass is 10.2. The highest BCUT2D eigenvalue weighted by Crippen LogP contribution is 2.25. The Kier molecular flexibility index (Phi) is 2.86. The van der Waals surface area contributed by atoms with E-state index in [0.29, 0.717) is 0 Å². The monoisotopic (exact) mass is 250 g/mol. The number of hydrogen-bond acceptors (Lipinski definition) is 1. The zero-order valence-corrected chi connectivity index (χ0v) is 11.6. The molecule has 0 aliphatic rings. The molecule has 0 spiro atoms. The Hall–Kier alpha value is -2.09. The summed E-state index contributed by atoms with van der Waals surface area (Å²) in [6.07, 6.45) is 0.933. The van der Waals surface area contributed by atoms with Gasteiger partial charge in [-0.05, 0) is 43.2 Å². The Labute approximate surface area is 113 Å². The van der Waals surface area contributed by atoms with E-state index in [0.717, 1.165) is 17.8 Å². The lowest BCUT2D eigenvalue weighted by molar-refractivity contribution is 0.906. The average molecular weight is 250 g/mol. The largest absolute Gasteiger partial charge is 0.296 e. The van der Waals surface area contributed by atoms with E-state index in [4.69, 9.17) is 4.98 Å². The van der Waals surface area contributed by atoms with E-state index in [9.17, 15) is 0 Å². The van der Waals surface area contributed by atoms with Crippen molar-refractivity contribution >= 4 is 11.0 Å². The Bertz CT molecular complexity index is 738. The number of hydrogen-bond donors (Lipinski definition) is 0. The van der Waals surface area contributed by atoms with Gasteiger partial charge in [0.2, 0.25) is 0 Å². The summed E-state index contributed by atoms with van der Waals surface area (Å²) < 4.78 is 2.29. The molecule has 2 aromatic carbocycles. The van der Waals surface area contributed by atoms with Crippen LogP contribution in [0.4, 0.5) is 0 Å². The maximum atomic E-state index is 4.76. The van der Waals surface area contributed by atoms with Gasteiger partial charge in [-0.1, -0.05) is 31.2 Å². The van der Waals surface area contributed by atoms with Crippen LogP contribution in [0.25, 0.3) is 16.7 Å². The van der Waals surface area contributed by atoms with Gasteiger partial charge in [-0.25, -0.2) is 4.98 Å². The van der Waals surface area contributed by atoms with Crippen LogP contribution in [0.1, 0.15) is 23.9 Å². The van der Waals surface area contributed by atoms with Crippen LogP contribution >= 0.6 is 0 Å². The number of nitrogens with zero attached hydrogens (tertiary/aromatic N) is 2. The molecular weight excluding hydrogens is 232 g/mol. The standard InChI is InChI=1S/C17H18N2/c1-4-16-18-15-10-6-8-13(3)17(15)19(16)14-9-5-7-12(2)11-14/h5-11H,4H2,1-3H3. The highest BCUT2D eigenvalue weighted by Gasteiger charge is 2.12. The fourth-order valence-corrected chi connectivity index (χ4v) is 2.63. The number of aromatic nitrogens is 2. The number of rotatable bonds is 2. The molecule has 1 aromatic heterocycles. The molecule has 0 unspecified atom stereocenters. The normalized spacial score (nSPS) is 11.1. The van der Waals surface area contributed by atoms with Crippen molar-refractivity contribution < 1.29 is 0 Å². The highest BCUT2D eigenvalue weighted by molar-refractivity contribution is 5.81. The van der Waals surface area contributed by atoms with Gasteiger partial charge >= 0.3 is 0 Å². The van der Waals surface area contributed by atoms with E-state index in [2.05, 4.69) is 67.8 Å². The Morgan fingerprint density at radius 3 is 2.58 bits per heavy atom. The molecule has 0 saturated heterocycles. The molecule has 0 bridgehead atoms. The second-order valence-electron chi connectivity index (χ2n) is 5.00. The summed E-state index contributed by atoms with van der Waals surface area (Å²) in [7, 11) is 0. The van der Waals surface area contributed by atoms with E-state index >= 15 is 0 Å². The van der Waals surface area contributed by atoms with Crippen molar-refractivity contribution in [1.82, 2.24) is 9.55 Å². The van der Waals surface area contributed by atoms with Crippen LogP contribution in [0.5, 0.6) is 0 Å². The number of para-hydroxylation sites is 1. The maximum Gasteiger partial charge on any atom is 0.114 e. The SMILES string of the molecule is CCc1nc2cccc(C)c2n1-c1cccc(C)c1. The van der Waals surface area contributed by atoms with Gasteiger partial charge in [-0.15, -0.1) is 0 Å². The van der Waals surface area contributed by atoms with Gasteiger partial charge in [0.15, 0.2) is 0 Å². The summed E-state index contributed by atoms with van der Waals surface area (Å²) in [4.78, 5) is 4.76. The van der Waals surface area contributed by atoms with Gasteiger partial charge in [0.1, 0.15) is 5.82 Å². The molecule has 96 valence electrons. The quantitative estimate of drug-likeness (QED) is 0.666. The smallest absolute Gasteiger partial charge is 0.114 e. The third-order valence-corrected chi connectivity index (χ3v) is 3.52. The summed E-state index contributed by atoms with van der Waals surface area (Å²) in [6.45, 7) is 6.43. The van der Waals surface area contributed by atoms with Crippen LogP contribution in [-0.2, 0) is 6.42 Å². The number of imidazole rings is 1. The van der Waals surface area contributed by atoms with Crippen molar-refractivity contribution in [2.75, 3.05) is 0 Å². The van der Waals surface area contributed by atoms with Crippen LogP contribution < -0.4 is 0 Å². The first-order chi connectivity index (χ1) is 9.20. The predicted molar refractivity (Wildman–Crippen MR) is 79.9 cm³/mol. The predicted octanol–water partition coefficient (Wildman–Crippen LogP) is 4.20. The molecule has 3 aromatic rings. The number of aryl methyl sites for hydroxylation is 3. The summed E-state index contributed by atoms with van der Waals surface area (Å²) >= 11 is 0. The molecule has 0 aliphatic heterocycles. The molecule has 0 saturated carbocycles. The summed E-state index contributed by atoms with van der Waals surface area (Å²) in [5, 5.41) is 0. The molecule has 3 rings (SSSR count). The Morgan fingerprint density at radius 2 is 1.84 bits per heavy atom. The Balaban J connectivity index is 2.38. The molecule has 0 amide bonds. The van der Waals surface area contributed by atoms with Crippen molar-refractivity contribution in [1.29, 1.82) is 0 Å². The molecule has 0 aliphatic carbocycles. The fraction of sp³-hybridized carbons (Fsp3) is 0.235. The average Bonchev–Trinajstić information content (AvgIpc) is 2.78. The second kappa shape index (κ2) is 4.54. The fourth-order valence-electron chi connectivity index (χ4n) is 2.63. The molecule has 1 heterocycles. The minimum atomic E-state index is 0.933. The van der Waals surface area contributed by atoms with Gasteiger partial charge < -0.3 is 0 Å². The van der Waals surface area contributed by atoms with Crippen molar-refractivity contribution in [3.05, 3.63) is 59.4 Å². The molecule has 0 atom stereocenters. The van der Waals surface area contributed by atoms with Crippen LogP contribution in [0, 0.1) is 13.8 Å². The zero-order valence-electron chi connectivity index (χ0n) is 11.6. The van der Waals surface area contributed by atoms with Crippen LogP contribution in [0.2, 0.25) is 0 Å². The van der Waals surface area contributed by atoms with Crippen LogP contribution in [0.15, 0.2) is 42.5 Å². The zero-order chi connectivity index (χ0) is 13.4. The number of benzene rings is 2. The molecule has 0 fully saturated rings. The van der Waals surface area contributed by atoms with Crippen LogP contribution in [-0.4, -0.2) is 9.55 Å². The van der Waals surface area contributed by atoms with E-state index in [1.165, 1.54) is 22.3 Å². The number of fused-ring (bicyclic) bond motifs is 1. The first-order valence-corrected chi connectivity index (χ1v) is 6.74. The molecule has 2 heteroatoms. The lowest BCUT2D eigenvalue weighted by Gasteiger charge is -2.10. The minimum Gasteiger partial charge on any atom is -0.296 e. The van der Waals surface area contributed by atoms with Gasteiger partial charge in [0.05, 0.1) is 11.0 Å². The summed E-state index contributed by atoms with van der Waals surface area (Å²) in [5.41, 5.74) is 6.05. The van der Waals surface area contributed by atoms with Crippen molar-refractivity contribution in [2.24, 2.45) is 0 Å². The summed E-state index contributed by atoms with van der Waals surface area (Å²) in [5.74, 6) is 1.12. The maximum absolute atomic E-state index is 4.76. The van der Waals surface area contributed by atoms with Crippen molar-refractivity contribution in [3.8, 4) is 5.69 Å². The third kappa shape index (κ3) is 1.93. The van der Waals surface area contributed by atoms with Gasteiger partial charge in [0, 0.05) is 12.1 Å². The highest BCUT2D eigenvalue weighted by atomic mass is 15.1. The van der Waals surface area contributed by atoms with E-state index < -0.39 is 0 Å². The Morgan fingerprint density at radius 1 is 1.05 bits per heavy atom. The first kappa shape index (κ1) is 12.0. The minimum absolute atomic E-state index is 0.933. The molecule has 2 nitrogen and oxygen atoms in total. The van der Waals surface area contributed by atoms with E-state index in [1.54, 1.807) is 0 Å². The molecule has 0 N–H and O–H groups in total. The molecular formula is C17H18N2. The van der Waals surface area contributed by atoms with Crippen LogP contribution in [0.3, 0.4) is 0 Å². The van der Waals surface area contributed by atoms with Crippen molar-refractivity contribution in [2.45, 2.75) is 27.2 Å². The first-order valence-electron chi connectivity index (χ1n) is 6.74. The topological polar surface area (TPSA) is 17.8 Å². The van der Waals surface area contributed by atoms with E-state index in [-0.39, 0.29) is 0 Å².